The second kappa shape index (κ2) is 12.7. The number of hydrogen-bond donors (Lipinski definition) is 0. The van der Waals surface area contributed by atoms with E-state index in [1.807, 2.05) is 0 Å². The molecular formula is C63H71BN2. The Labute approximate surface area is 396 Å². The Morgan fingerprint density at radius 3 is 1.73 bits per heavy atom. The average Bonchev–Trinajstić information content (AvgIpc) is 3.69. The molecule has 1 aromatic heterocycles. The maximum Gasteiger partial charge on any atom is 0.329 e. The summed E-state index contributed by atoms with van der Waals surface area (Å²) in [6, 6.07) is 37.6. The molecule has 0 atom stereocenters. The molecule has 0 saturated heterocycles. The molecule has 0 fully saturated rings. The molecule has 0 amide bonds. The molecule has 0 N–H and O–H groups in total. The summed E-state index contributed by atoms with van der Waals surface area (Å²) in [7, 11) is 0. The van der Waals surface area contributed by atoms with Crippen molar-refractivity contribution < 1.29 is 0 Å². The van der Waals surface area contributed by atoms with Crippen LogP contribution < -0.4 is 10.4 Å². The Kier molecular flexibility index (Phi) is 8.17. The first kappa shape index (κ1) is 42.3. The molecule has 3 aliphatic carbocycles. The quantitative estimate of drug-likeness (QED) is 0.149. The van der Waals surface area contributed by atoms with E-state index in [9.17, 15) is 0 Å². The summed E-state index contributed by atoms with van der Waals surface area (Å²) in [6.07, 6.45) is 4.78. The van der Waals surface area contributed by atoms with E-state index in [1.165, 1.54) is 136 Å². The van der Waals surface area contributed by atoms with Crippen LogP contribution in [-0.2, 0) is 37.9 Å². The average molecular weight is 867 g/mol. The van der Waals surface area contributed by atoms with Gasteiger partial charge in [0.05, 0.1) is 5.69 Å². The topological polar surface area (TPSA) is 8.17 Å². The fourth-order valence-electron chi connectivity index (χ4n) is 13.8. The zero-order valence-corrected chi connectivity index (χ0v) is 43.0. The molecule has 0 saturated carbocycles. The molecule has 3 heteroatoms. The van der Waals surface area contributed by atoms with Crippen molar-refractivity contribution in [2.75, 3.05) is 4.90 Å². The highest BCUT2D eigenvalue weighted by atomic mass is 15.2. The number of fused-ring (bicyclic) bond motifs is 12. The van der Waals surface area contributed by atoms with E-state index >= 15 is 0 Å². The van der Waals surface area contributed by atoms with Crippen LogP contribution in [0.15, 0.2) is 96.5 Å². The van der Waals surface area contributed by atoms with Gasteiger partial charge in [0, 0.05) is 55.1 Å². The van der Waals surface area contributed by atoms with Crippen LogP contribution in [0, 0.1) is 0 Å². The monoisotopic (exact) mass is 867 g/mol. The van der Waals surface area contributed by atoms with Gasteiger partial charge >= 0.3 is 6.85 Å². The second-order valence-electron chi connectivity index (χ2n) is 26.8. The van der Waals surface area contributed by atoms with Crippen LogP contribution in [0.3, 0.4) is 0 Å². The number of anilines is 2. The van der Waals surface area contributed by atoms with Crippen molar-refractivity contribution in [2.45, 2.75) is 174 Å². The van der Waals surface area contributed by atoms with Crippen molar-refractivity contribution in [3.8, 4) is 11.1 Å². The molecule has 66 heavy (non-hydrogen) atoms. The summed E-state index contributed by atoms with van der Waals surface area (Å²) in [5.74, 6) is 0. The number of nitrogens with zero attached hydrogens (tertiary/aromatic N) is 2. The van der Waals surface area contributed by atoms with E-state index in [1.54, 1.807) is 5.56 Å². The molecule has 0 spiro atoms. The molecule has 7 aromatic rings. The molecule has 0 radical (unpaired) electrons. The van der Waals surface area contributed by atoms with E-state index in [2.05, 4.69) is 211 Å². The first-order chi connectivity index (χ1) is 30.7. The third-order valence-corrected chi connectivity index (χ3v) is 18.2. The molecule has 5 aliphatic rings. The molecule has 6 aromatic carbocycles. The van der Waals surface area contributed by atoms with Gasteiger partial charge in [-0.15, -0.1) is 0 Å². The predicted octanol–water partition coefficient (Wildman–Crippen LogP) is 16.4. The third-order valence-electron chi connectivity index (χ3n) is 18.2. The number of allylic oxidation sites excluding steroid dienone is 1. The van der Waals surface area contributed by atoms with Crippen LogP contribution in [0.4, 0.5) is 11.4 Å². The van der Waals surface area contributed by atoms with Gasteiger partial charge in [0.15, 0.2) is 0 Å². The maximum absolute atomic E-state index is 2.84. The lowest BCUT2D eigenvalue weighted by Gasteiger charge is -2.45. The highest BCUT2D eigenvalue weighted by Gasteiger charge is 2.55. The molecule has 2 nitrogen and oxygen atoms in total. The molecule has 3 heterocycles. The Bertz CT molecular complexity index is 3360. The summed E-state index contributed by atoms with van der Waals surface area (Å²) in [4.78, 5) is 2.81. The van der Waals surface area contributed by atoms with E-state index in [4.69, 9.17) is 0 Å². The van der Waals surface area contributed by atoms with Crippen LogP contribution in [0.2, 0.25) is 0 Å². The Hall–Kier alpha value is -5.02. The van der Waals surface area contributed by atoms with Gasteiger partial charge in [-0.3, -0.25) is 0 Å². The van der Waals surface area contributed by atoms with Crippen LogP contribution >= 0.6 is 0 Å². The standard InChI is InChI=1S/C63H71BN2/c1-57(2,3)37-21-24-51-41(30-37)43-31-38(58(4,5)6)32-44-42-29-36-19-17-18-20-40(36)54-52(42)64(66(51)53(43)44)56-55(65(54)39-22-23-46-48(33-39)60(9,10)26-25-59(46,7)8)45-34-49-50(35-47(45)63(56,15)16)62(13,14)28-27-61(49,11)12/h17-24,29-35H,25-28H2,1-16H3. The van der Waals surface area contributed by atoms with Crippen LogP contribution in [0.25, 0.3) is 49.4 Å². The Morgan fingerprint density at radius 1 is 0.485 bits per heavy atom. The van der Waals surface area contributed by atoms with Gasteiger partial charge in [0.2, 0.25) is 0 Å². The van der Waals surface area contributed by atoms with E-state index in [0.29, 0.717) is 0 Å². The molecule has 12 rings (SSSR count). The van der Waals surface area contributed by atoms with Crippen LogP contribution in [-0.4, -0.2) is 11.3 Å². The maximum atomic E-state index is 2.84. The lowest BCUT2D eigenvalue weighted by molar-refractivity contribution is 0.331. The van der Waals surface area contributed by atoms with Gasteiger partial charge < -0.3 is 9.38 Å². The minimum atomic E-state index is -0.270. The number of rotatable bonds is 1. The van der Waals surface area contributed by atoms with Gasteiger partial charge in [0.25, 0.3) is 0 Å². The van der Waals surface area contributed by atoms with E-state index < -0.39 is 0 Å². The summed E-state index contributed by atoms with van der Waals surface area (Å²) < 4.78 is 2.84. The van der Waals surface area contributed by atoms with Crippen LogP contribution in [0.1, 0.15) is 181 Å². The molecule has 0 bridgehead atoms. The minimum absolute atomic E-state index is 0.00669. The fourth-order valence-corrected chi connectivity index (χ4v) is 13.8. The van der Waals surface area contributed by atoms with Crippen molar-refractivity contribution in [1.82, 2.24) is 4.48 Å². The molecule has 2 aliphatic heterocycles. The van der Waals surface area contributed by atoms with Gasteiger partial charge in [-0.05, 0) is 168 Å². The summed E-state index contributed by atoms with van der Waals surface area (Å²) >= 11 is 0. The molecule has 0 unspecified atom stereocenters. The van der Waals surface area contributed by atoms with Gasteiger partial charge in [-0.25, -0.2) is 0 Å². The third kappa shape index (κ3) is 5.49. The minimum Gasteiger partial charge on any atom is -0.376 e. The van der Waals surface area contributed by atoms with Crippen molar-refractivity contribution in [1.29, 1.82) is 0 Å². The fraction of sp³-hybridized carbons (Fsp3) is 0.429. The lowest BCUT2D eigenvalue weighted by atomic mass is 9.40. The Morgan fingerprint density at radius 2 is 1.08 bits per heavy atom. The zero-order chi connectivity index (χ0) is 46.8. The number of aromatic nitrogens is 1. The van der Waals surface area contributed by atoms with Crippen LogP contribution in [0.5, 0.6) is 0 Å². The smallest absolute Gasteiger partial charge is 0.329 e. The van der Waals surface area contributed by atoms with Crippen molar-refractivity contribution in [3.05, 3.63) is 141 Å². The largest absolute Gasteiger partial charge is 0.376 e. The van der Waals surface area contributed by atoms with Gasteiger partial charge in [-0.1, -0.05) is 153 Å². The summed E-state index contributed by atoms with van der Waals surface area (Å²) in [5.41, 5.74) is 24.4. The number of hydrogen-bond acceptors (Lipinski definition) is 1. The van der Waals surface area contributed by atoms with Crippen molar-refractivity contribution >= 4 is 62.0 Å². The van der Waals surface area contributed by atoms with E-state index in [0.717, 1.165) is 0 Å². The van der Waals surface area contributed by atoms with Crippen molar-refractivity contribution in [3.63, 3.8) is 0 Å². The summed E-state index contributed by atoms with van der Waals surface area (Å²) in [5, 5.41) is 5.39. The lowest BCUT2D eigenvalue weighted by Crippen LogP contribution is -2.52. The summed E-state index contributed by atoms with van der Waals surface area (Å²) in [6.45, 7) is 39.3. The Balaban J connectivity index is 1.29. The first-order valence-corrected chi connectivity index (χ1v) is 25.3. The van der Waals surface area contributed by atoms with Gasteiger partial charge in [-0.2, -0.15) is 0 Å². The van der Waals surface area contributed by atoms with Crippen molar-refractivity contribution in [2.24, 2.45) is 0 Å². The highest BCUT2D eigenvalue weighted by molar-refractivity contribution is 6.86. The first-order valence-electron chi connectivity index (χ1n) is 25.3. The molecular weight excluding hydrogens is 796 g/mol. The number of benzene rings is 6. The molecule has 336 valence electrons. The van der Waals surface area contributed by atoms with Gasteiger partial charge in [0.1, 0.15) is 0 Å². The highest BCUT2D eigenvalue weighted by Crippen LogP contribution is 2.61. The predicted molar refractivity (Wildman–Crippen MR) is 286 cm³/mol. The second-order valence-corrected chi connectivity index (χ2v) is 26.8. The SMILES string of the molecule is CC(C)(C)c1ccc2c(c1)c1cc(C(C)(C)C)cc3c1n2B1C2=C(c4cc5c(cc4C2(C)C)C(C)(C)CCC5(C)C)N(c2ccc4c(c2)C(C)(C)CCC4(C)C)c2c1c-3cc1ccccc21. The zero-order valence-electron chi connectivity index (χ0n) is 43.0. The van der Waals surface area contributed by atoms with E-state index in [-0.39, 0.29) is 44.8 Å². The normalized spacial score (nSPS) is 20.4.